The third-order valence-corrected chi connectivity index (χ3v) is 3.91. The molecule has 2 unspecified atom stereocenters. The Bertz CT molecular complexity index is 396. The summed E-state index contributed by atoms with van der Waals surface area (Å²) in [5.74, 6) is 0.288. The average Bonchev–Trinajstić information content (AvgIpc) is 2.47. The normalized spacial score (nSPS) is 22.8. The second-order valence-corrected chi connectivity index (χ2v) is 5.54. The second kappa shape index (κ2) is 7.60. The third-order valence-electron chi connectivity index (χ3n) is 3.91. The summed E-state index contributed by atoms with van der Waals surface area (Å²) in [4.78, 5) is 2.18. The van der Waals surface area contributed by atoms with Gasteiger partial charge in [0.05, 0.1) is 6.61 Å². The van der Waals surface area contributed by atoms with Crippen LogP contribution in [0.2, 0.25) is 0 Å². The summed E-state index contributed by atoms with van der Waals surface area (Å²) >= 11 is 0. The van der Waals surface area contributed by atoms with Crippen LogP contribution in [0, 0.1) is 11.7 Å². The first-order chi connectivity index (χ1) is 9.70. The predicted molar refractivity (Wildman–Crippen MR) is 80.7 cm³/mol. The van der Waals surface area contributed by atoms with Gasteiger partial charge in [-0.25, -0.2) is 4.39 Å². The van der Waals surface area contributed by atoms with E-state index >= 15 is 0 Å². The largest absolute Gasteiger partial charge is 0.381 e. The van der Waals surface area contributed by atoms with Crippen molar-refractivity contribution in [2.45, 2.75) is 25.8 Å². The monoisotopic (exact) mass is 280 g/mol. The summed E-state index contributed by atoms with van der Waals surface area (Å²) in [7, 11) is 2.05. The van der Waals surface area contributed by atoms with Gasteiger partial charge in [-0.3, -0.25) is 0 Å². The van der Waals surface area contributed by atoms with Crippen LogP contribution in [0.25, 0.3) is 0 Å². The van der Waals surface area contributed by atoms with Crippen LogP contribution in [0.4, 0.5) is 10.1 Å². The summed E-state index contributed by atoms with van der Waals surface area (Å²) in [6.07, 6.45) is 2.22. The van der Waals surface area contributed by atoms with Crippen molar-refractivity contribution in [2.75, 3.05) is 38.3 Å². The zero-order chi connectivity index (χ0) is 14.4. The van der Waals surface area contributed by atoms with Crippen LogP contribution in [-0.2, 0) is 4.74 Å². The molecule has 2 atom stereocenters. The van der Waals surface area contributed by atoms with Gasteiger partial charge in [0, 0.05) is 37.8 Å². The number of benzene rings is 1. The second-order valence-electron chi connectivity index (χ2n) is 5.54. The van der Waals surface area contributed by atoms with Crippen LogP contribution in [-0.4, -0.2) is 39.4 Å². The van der Waals surface area contributed by atoms with Gasteiger partial charge in [-0.1, -0.05) is 6.92 Å². The van der Waals surface area contributed by atoms with Crippen molar-refractivity contribution < 1.29 is 9.13 Å². The van der Waals surface area contributed by atoms with Crippen molar-refractivity contribution in [3.8, 4) is 0 Å². The summed E-state index contributed by atoms with van der Waals surface area (Å²) in [6.45, 7) is 5.81. The maximum Gasteiger partial charge on any atom is 0.123 e. The minimum atomic E-state index is -0.189. The zero-order valence-corrected chi connectivity index (χ0v) is 12.4. The molecule has 0 spiro atoms. The van der Waals surface area contributed by atoms with Gasteiger partial charge in [-0.2, -0.15) is 0 Å². The lowest BCUT2D eigenvalue weighted by Crippen LogP contribution is -2.47. The van der Waals surface area contributed by atoms with E-state index in [4.69, 9.17) is 4.74 Å². The smallest absolute Gasteiger partial charge is 0.123 e. The van der Waals surface area contributed by atoms with E-state index in [0.29, 0.717) is 12.0 Å². The van der Waals surface area contributed by atoms with E-state index in [-0.39, 0.29) is 5.82 Å². The van der Waals surface area contributed by atoms with E-state index in [0.717, 1.165) is 44.8 Å². The Morgan fingerprint density at radius 2 is 2.10 bits per heavy atom. The first kappa shape index (κ1) is 15.3. The molecule has 20 heavy (non-hydrogen) atoms. The molecule has 112 valence electrons. The molecule has 0 aliphatic carbocycles. The molecule has 1 saturated heterocycles. The minimum absolute atomic E-state index is 0.189. The van der Waals surface area contributed by atoms with Gasteiger partial charge in [-0.05, 0) is 43.7 Å². The van der Waals surface area contributed by atoms with Crippen molar-refractivity contribution in [1.82, 2.24) is 5.32 Å². The number of rotatable bonds is 6. The highest BCUT2D eigenvalue weighted by atomic mass is 19.1. The molecule has 1 fully saturated rings. The highest BCUT2D eigenvalue weighted by Gasteiger charge is 2.26. The van der Waals surface area contributed by atoms with E-state index in [2.05, 4.69) is 24.2 Å². The van der Waals surface area contributed by atoms with Gasteiger partial charge in [0.15, 0.2) is 0 Å². The van der Waals surface area contributed by atoms with Crippen molar-refractivity contribution in [3.63, 3.8) is 0 Å². The van der Waals surface area contributed by atoms with Crippen LogP contribution in [0.1, 0.15) is 19.8 Å². The number of ether oxygens (including phenoxy) is 1. The fraction of sp³-hybridized carbons (Fsp3) is 0.625. The van der Waals surface area contributed by atoms with Gasteiger partial charge in [0.1, 0.15) is 5.82 Å². The third kappa shape index (κ3) is 4.18. The Kier molecular flexibility index (Phi) is 5.80. The summed E-state index contributed by atoms with van der Waals surface area (Å²) in [6, 6.07) is 7.19. The predicted octanol–water partition coefficient (Wildman–Crippen LogP) is 2.67. The van der Waals surface area contributed by atoms with Crippen LogP contribution in [0.5, 0.6) is 0 Å². The van der Waals surface area contributed by atoms with Gasteiger partial charge in [0.2, 0.25) is 0 Å². The van der Waals surface area contributed by atoms with Crippen molar-refractivity contribution >= 4 is 5.69 Å². The molecule has 2 rings (SSSR count). The summed E-state index contributed by atoms with van der Waals surface area (Å²) in [5, 5.41) is 3.62. The molecule has 1 heterocycles. The molecule has 1 aliphatic heterocycles. The van der Waals surface area contributed by atoms with Crippen LogP contribution in [0.15, 0.2) is 24.3 Å². The molecule has 0 amide bonds. The van der Waals surface area contributed by atoms with Gasteiger partial charge < -0.3 is 15.0 Å². The number of halogens is 1. The van der Waals surface area contributed by atoms with Crippen molar-refractivity contribution in [2.24, 2.45) is 5.92 Å². The number of nitrogens with zero attached hydrogens (tertiary/aromatic N) is 1. The molecule has 0 bridgehead atoms. The maximum absolute atomic E-state index is 13.0. The molecule has 1 N–H and O–H groups in total. The van der Waals surface area contributed by atoms with Gasteiger partial charge in [0.25, 0.3) is 0 Å². The molecule has 1 aliphatic rings. The number of anilines is 1. The maximum atomic E-state index is 13.0. The lowest BCUT2D eigenvalue weighted by Gasteiger charge is -2.35. The lowest BCUT2D eigenvalue weighted by atomic mass is 9.95. The summed E-state index contributed by atoms with van der Waals surface area (Å²) in [5.41, 5.74) is 1.05. The lowest BCUT2D eigenvalue weighted by molar-refractivity contribution is 0.0351. The molecule has 1 aromatic carbocycles. The van der Waals surface area contributed by atoms with Gasteiger partial charge >= 0.3 is 0 Å². The van der Waals surface area contributed by atoms with Crippen LogP contribution in [0.3, 0.4) is 0 Å². The Balaban J connectivity index is 1.93. The Hall–Kier alpha value is -1.13. The molecule has 0 radical (unpaired) electrons. The SMILES string of the molecule is CCCNC1CCOCC1CN(C)c1ccc(F)cc1. The fourth-order valence-corrected chi connectivity index (χ4v) is 2.73. The highest BCUT2D eigenvalue weighted by Crippen LogP contribution is 2.20. The van der Waals surface area contributed by atoms with E-state index < -0.39 is 0 Å². The van der Waals surface area contributed by atoms with Crippen LogP contribution >= 0.6 is 0 Å². The highest BCUT2D eigenvalue weighted by molar-refractivity contribution is 5.45. The molecular weight excluding hydrogens is 255 g/mol. The van der Waals surface area contributed by atoms with Gasteiger partial charge in [-0.15, -0.1) is 0 Å². The number of nitrogens with one attached hydrogen (secondary N) is 1. The Labute approximate surface area is 121 Å². The van der Waals surface area contributed by atoms with Crippen molar-refractivity contribution in [3.05, 3.63) is 30.1 Å². The molecule has 1 aromatic rings. The first-order valence-corrected chi connectivity index (χ1v) is 7.48. The van der Waals surface area contributed by atoms with E-state index in [1.807, 2.05) is 12.1 Å². The van der Waals surface area contributed by atoms with Crippen molar-refractivity contribution in [1.29, 1.82) is 0 Å². The minimum Gasteiger partial charge on any atom is -0.381 e. The Morgan fingerprint density at radius 1 is 1.35 bits per heavy atom. The van der Waals surface area contributed by atoms with E-state index in [1.54, 1.807) is 0 Å². The standard InChI is InChI=1S/C16H25FN2O/c1-3-9-18-16-8-10-20-12-13(16)11-19(2)15-6-4-14(17)5-7-15/h4-7,13,16,18H,3,8-12H2,1-2H3. The fourth-order valence-electron chi connectivity index (χ4n) is 2.73. The number of hydrogen-bond donors (Lipinski definition) is 1. The van der Waals surface area contributed by atoms with Crippen LogP contribution < -0.4 is 10.2 Å². The molecule has 0 aromatic heterocycles. The zero-order valence-electron chi connectivity index (χ0n) is 12.4. The first-order valence-electron chi connectivity index (χ1n) is 7.48. The molecule has 4 heteroatoms. The van der Waals surface area contributed by atoms with E-state index in [1.165, 1.54) is 12.1 Å². The van der Waals surface area contributed by atoms with E-state index in [9.17, 15) is 4.39 Å². The number of hydrogen-bond acceptors (Lipinski definition) is 3. The summed E-state index contributed by atoms with van der Waals surface area (Å²) < 4.78 is 18.6. The molecule has 3 nitrogen and oxygen atoms in total. The Morgan fingerprint density at radius 3 is 2.80 bits per heavy atom. The molecular formula is C16H25FN2O. The molecule has 0 saturated carbocycles. The average molecular weight is 280 g/mol. The topological polar surface area (TPSA) is 24.5 Å². The quantitative estimate of drug-likeness (QED) is 0.867.